The van der Waals surface area contributed by atoms with Gasteiger partial charge in [0.15, 0.2) is 3.92 Å². The van der Waals surface area contributed by atoms with E-state index < -0.39 is 0 Å². The van der Waals surface area contributed by atoms with E-state index in [4.69, 9.17) is 4.74 Å². The second-order valence-electron chi connectivity index (χ2n) is 3.04. The third-order valence-electron chi connectivity index (χ3n) is 0.775. The van der Waals surface area contributed by atoms with E-state index in [0.29, 0.717) is 5.19 Å². The van der Waals surface area contributed by atoms with Crippen molar-refractivity contribution in [1.82, 2.24) is 10.2 Å². The Bertz CT molecular complexity index is 243. The van der Waals surface area contributed by atoms with Crippen molar-refractivity contribution in [1.29, 1.82) is 0 Å². The summed E-state index contributed by atoms with van der Waals surface area (Å²) in [6, 6.07) is 0. The van der Waals surface area contributed by atoms with Crippen LogP contribution in [0.3, 0.4) is 0 Å². The monoisotopic (exact) mass is 236 g/mol. The zero-order valence-corrected chi connectivity index (χ0v) is 8.99. The van der Waals surface area contributed by atoms with Gasteiger partial charge < -0.3 is 4.74 Å². The Morgan fingerprint density at radius 2 is 2.00 bits per heavy atom. The molecule has 0 aliphatic carbocycles. The van der Waals surface area contributed by atoms with Gasteiger partial charge in [-0.3, -0.25) is 0 Å². The second-order valence-corrected chi connectivity index (χ2v) is 5.25. The quantitative estimate of drug-likeness (QED) is 0.752. The van der Waals surface area contributed by atoms with Crippen LogP contribution in [0.5, 0.6) is 5.19 Å². The number of ether oxygens (including phenoxy) is 1. The van der Waals surface area contributed by atoms with E-state index in [1.54, 1.807) is 0 Å². The van der Waals surface area contributed by atoms with Crippen molar-refractivity contribution >= 4 is 27.3 Å². The molecule has 5 heteroatoms. The lowest BCUT2D eigenvalue weighted by Crippen LogP contribution is -2.22. The molecular weight excluding hydrogens is 228 g/mol. The summed E-state index contributed by atoms with van der Waals surface area (Å²) in [6.45, 7) is 5.92. The Hall–Kier alpha value is -0.160. The molecule has 0 saturated carbocycles. The maximum Gasteiger partial charge on any atom is 0.295 e. The Kier molecular flexibility index (Phi) is 2.49. The number of hydrogen-bond donors (Lipinski definition) is 0. The first-order valence-electron chi connectivity index (χ1n) is 3.15. The highest BCUT2D eigenvalue weighted by atomic mass is 79.9. The van der Waals surface area contributed by atoms with Crippen LogP contribution in [-0.2, 0) is 0 Å². The fourth-order valence-electron chi connectivity index (χ4n) is 0.496. The van der Waals surface area contributed by atoms with Crippen molar-refractivity contribution in [3.05, 3.63) is 3.92 Å². The normalized spacial score (nSPS) is 11.6. The molecular formula is C6H9BrN2OS. The summed E-state index contributed by atoms with van der Waals surface area (Å²) in [5.74, 6) is 0. The molecule has 0 atom stereocenters. The average molecular weight is 237 g/mol. The lowest BCUT2D eigenvalue weighted by Gasteiger charge is -2.17. The van der Waals surface area contributed by atoms with E-state index in [1.165, 1.54) is 11.3 Å². The molecule has 0 saturated heterocycles. The number of halogens is 1. The van der Waals surface area contributed by atoms with Crippen LogP contribution in [0, 0.1) is 0 Å². The summed E-state index contributed by atoms with van der Waals surface area (Å²) in [4.78, 5) is 0. The number of aromatic nitrogens is 2. The molecule has 3 nitrogen and oxygen atoms in total. The Labute approximate surface area is 77.9 Å². The first-order chi connectivity index (χ1) is 4.97. The lowest BCUT2D eigenvalue weighted by molar-refractivity contribution is 0.129. The van der Waals surface area contributed by atoms with Gasteiger partial charge in [-0.05, 0) is 48.0 Å². The molecule has 1 aromatic rings. The van der Waals surface area contributed by atoms with Crippen molar-refractivity contribution in [3.8, 4) is 5.19 Å². The Morgan fingerprint density at radius 3 is 2.36 bits per heavy atom. The zero-order valence-electron chi connectivity index (χ0n) is 6.59. The van der Waals surface area contributed by atoms with Crippen molar-refractivity contribution in [3.63, 3.8) is 0 Å². The average Bonchev–Trinajstić information content (AvgIpc) is 2.10. The molecule has 11 heavy (non-hydrogen) atoms. The van der Waals surface area contributed by atoms with Crippen LogP contribution in [0.4, 0.5) is 0 Å². The largest absolute Gasteiger partial charge is 0.463 e. The molecule has 1 heterocycles. The van der Waals surface area contributed by atoms with Gasteiger partial charge in [-0.15, -0.1) is 5.10 Å². The van der Waals surface area contributed by atoms with Crippen LogP contribution >= 0.6 is 27.3 Å². The third kappa shape index (κ3) is 3.16. The van der Waals surface area contributed by atoms with Crippen LogP contribution in [0.1, 0.15) is 20.8 Å². The van der Waals surface area contributed by atoms with E-state index in [9.17, 15) is 0 Å². The van der Waals surface area contributed by atoms with Gasteiger partial charge in [0.25, 0.3) is 5.19 Å². The molecule has 0 aliphatic rings. The van der Waals surface area contributed by atoms with Crippen molar-refractivity contribution < 1.29 is 4.74 Å². The summed E-state index contributed by atoms with van der Waals surface area (Å²) in [6.07, 6.45) is 0. The molecule has 0 N–H and O–H groups in total. The molecule has 0 bridgehead atoms. The first-order valence-corrected chi connectivity index (χ1v) is 4.76. The minimum absolute atomic E-state index is 0.195. The Morgan fingerprint density at radius 1 is 1.36 bits per heavy atom. The van der Waals surface area contributed by atoms with Gasteiger partial charge in [0.2, 0.25) is 0 Å². The van der Waals surface area contributed by atoms with E-state index in [0.717, 1.165) is 3.92 Å². The van der Waals surface area contributed by atoms with Gasteiger partial charge in [-0.25, -0.2) is 0 Å². The minimum Gasteiger partial charge on any atom is -0.463 e. The third-order valence-corrected chi connectivity index (χ3v) is 2.01. The molecule has 0 spiro atoms. The molecule has 0 amide bonds. The summed E-state index contributed by atoms with van der Waals surface area (Å²) >= 11 is 4.59. The summed E-state index contributed by atoms with van der Waals surface area (Å²) in [5.41, 5.74) is -0.195. The molecule has 1 aromatic heterocycles. The molecule has 62 valence electrons. The van der Waals surface area contributed by atoms with E-state index in [1.807, 2.05) is 20.8 Å². The Balaban J connectivity index is 2.65. The van der Waals surface area contributed by atoms with Crippen molar-refractivity contribution in [2.75, 3.05) is 0 Å². The van der Waals surface area contributed by atoms with Gasteiger partial charge >= 0.3 is 0 Å². The van der Waals surface area contributed by atoms with Gasteiger partial charge in [-0.2, -0.15) is 0 Å². The topological polar surface area (TPSA) is 35.0 Å². The van der Waals surface area contributed by atoms with Gasteiger partial charge in [0.1, 0.15) is 5.60 Å². The van der Waals surface area contributed by atoms with Gasteiger partial charge in [0, 0.05) is 0 Å². The highest BCUT2D eigenvalue weighted by Gasteiger charge is 2.14. The van der Waals surface area contributed by atoms with E-state index in [-0.39, 0.29) is 5.60 Å². The van der Waals surface area contributed by atoms with Gasteiger partial charge in [-0.1, -0.05) is 5.10 Å². The number of hydrogen-bond acceptors (Lipinski definition) is 4. The summed E-state index contributed by atoms with van der Waals surface area (Å²) < 4.78 is 6.18. The first kappa shape index (κ1) is 8.93. The van der Waals surface area contributed by atoms with Gasteiger partial charge in [0.05, 0.1) is 0 Å². The molecule has 1 rings (SSSR count). The lowest BCUT2D eigenvalue weighted by atomic mass is 10.2. The van der Waals surface area contributed by atoms with Crippen molar-refractivity contribution in [2.24, 2.45) is 0 Å². The predicted octanol–water partition coefficient (Wildman–Crippen LogP) is 2.48. The van der Waals surface area contributed by atoms with Crippen LogP contribution in [0.15, 0.2) is 3.92 Å². The zero-order chi connectivity index (χ0) is 8.48. The maximum atomic E-state index is 5.44. The minimum atomic E-state index is -0.195. The SMILES string of the molecule is CC(C)(C)Oc1nnc(Br)s1. The molecule has 0 fully saturated rings. The van der Waals surface area contributed by atoms with E-state index in [2.05, 4.69) is 26.1 Å². The fraction of sp³-hybridized carbons (Fsp3) is 0.667. The fourth-order valence-corrected chi connectivity index (χ4v) is 1.59. The molecule has 0 unspecified atom stereocenters. The smallest absolute Gasteiger partial charge is 0.295 e. The highest BCUT2D eigenvalue weighted by Crippen LogP contribution is 2.25. The van der Waals surface area contributed by atoms with Crippen LogP contribution in [0.25, 0.3) is 0 Å². The highest BCUT2D eigenvalue weighted by molar-refractivity contribution is 9.11. The standard InChI is InChI=1S/C6H9BrN2OS/c1-6(2,3)10-5-9-8-4(7)11-5/h1-3H3. The van der Waals surface area contributed by atoms with Crippen molar-refractivity contribution in [2.45, 2.75) is 26.4 Å². The number of nitrogens with zero attached hydrogens (tertiary/aromatic N) is 2. The molecule has 0 aliphatic heterocycles. The summed E-state index contributed by atoms with van der Waals surface area (Å²) in [7, 11) is 0. The maximum absolute atomic E-state index is 5.44. The predicted molar refractivity (Wildman–Crippen MR) is 48.0 cm³/mol. The second kappa shape index (κ2) is 3.06. The van der Waals surface area contributed by atoms with Crippen LogP contribution < -0.4 is 4.74 Å². The van der Waals surface area contributed by atoms with E-state index >= 15 is 0 Å². The molecule has 0 aromatic carbocycles. The van der Waals surface area contributed by atoms with Crippen LogP contribution in [-0.4, -0.2) is 15.8 Å². The molecule has 0 radical (unpaired) electrons. The number of rotatable bonds is 1. The van der Waals surface area contributed by atoms with Crippen LogP contribution in [0.2, 0.25) is 0 Å². The summed E-state index contributed by atoms with van der Waals surface area (Å²) in [5, 5.41) is 8.16.